The molecule has 2 amide bonds. The number of carbonyl (C=O) groups is 2. The minimum absolute atomic E-state index is 0.0819. The monoisotopic (exact) mass is 479 g/mol. The molecule has 30 heavy (non-hydrogen) atoms. The third-order valence-corrected chi connectivity index (χ3v) is 4.50. The first-order valence-corrected chi connectivity index (χ1v) is 9.94. The van der Waals surface area contributed by atoms with Gasteiger partial charge in [0.2, 0.25) is 0 Å². The number of rotatable bonds is 9. The van der Waals surface area contributed by atoms with Crippen molar-refractivity contribution in [2.75, 3.05) is 13.2 Å². The Labute approximate surface area is 182 Å². The molecule has 0 unspecified atom stereocenters. The molecule has 160 valence electrons. The summed E-state index contributed by atoms with van der Waals surface area (Å²) in [5.74, 6) is 0.358. The van der Waals surface area contributed by atoms with Gasteiger partial charge in [0.05, 0.1) is 16.0 Å². The largest absolute Gasteiger partial charge is 0.492 e. The van der Waals surface area contributed by atoms with Crippen LogP contribution in [0.5, 0.6) is 11.5 Å². The SMILES string of the molecule is CC(C)CCOc1ccc(C(=O)NNC(=O)COc2ccc([N+](=O)[O-])cc2)cc1Br. The lowest BCUT2D eigenvalue weighted by Gasteiger charge is -2.12. The van der Waals surface area contributed by atoms with Crippen molar-refractivity contribution in [1.82, 2.24) is 10.9 Å². The van der Waals surface area contributed by atoms with Gasteiger partial charge < -0.3 is 9.47 Å². The molecule has 2 rings (SSSR count). The number of carbonyl (C=O) groups excluding carboxylic acids is 2. The zero-order valence-corrected chi connectivity index (χ0v) is 18.1. The van der Waals surface area contributed by atoms with Gasteiger partial charge in [-0.05, 0) is 58.6 Å². The minimum atomic E-state index is -0.589. The normalized spacial score (nSPS) is 10.4. The highest BCUT2D eigenvalue weighted by Crippen LogP contribution is 2.26. The second-order valence-corrected chi connectivity index (χ2v) is 7.57. The van der Waals surface area contributed by atoms with Gasteiger partial charge in [0, 0.05) is 17.7 Å². The van der Waals surface area contributed by atoms with Crippen molar-refractivity contribution in [2.24, 2.45) is 5.92 Å². The number of amides is 2. The van der Waals surface area contributed by atoms with Gasteiger partial charge in [-0.15, -0.1) is 0 Å². The molecule has 0 bridgehead atoms. The van der Waals surface area contributed by atoms with E-state index in [1.165, 1.54) is 24.3 Å². The Morgan fingerprint density at radius 2 is 1.80 bits per heavy atom. The van der Waals surface area contributed by atoms with Crippen molar-refractivity contribution in [1.29, 1.82) is 0 Å². The van der Waals surface area contributed by atoms with Crippen molar-refractivity contribution in [3.05, 3.63) is 62.6 Å². The fourth-order valence-electron chi connectivity index (χ4n) is 2.21. The molecule has 0 aromatic heterocycles. The fraction of sp³-hybridized carbons (Fsp3) is 0.300. The Balaban J connectivity index is 1.79. The van der Waals surface area contributed by atoms with Crippen LogP contribution in [0.2, 0.25) is 0 Å². The second-order valence-electron chi connectivity index (χ2n) is 6.72. The van der Waals surface area contributed by atoms with Crippen molar-refractivity contribution in [2.45, 2.75) is 20.3 Å². The van der Waals surface area contributed by atoms with Crippen LogP contribution >= 0.6 is 15.9 Å². The molecule has 9 nitrogen and oxygen atoms in total. The number of nitrogens with zero attached hydrogens (tertiary/aromatic N) is 1. The van der Waals surface area contributed by atoms with Gasteiger partial charge in [-0.3, -0.25) is 30.6 Å². The number of hydrogen-bond acceptors (Lipinski definition) is 6. The van der Waals surface area contributed by atoms with Crippen LogP contribution < -0.4 is 20.3 Å². The van der Waals surface area contributed by atoms with Crippen molar-refractivity contribution < 1.29 is 24.0 Å². The van der Waals surface area contributed by atoms with Crippen LogP contribution in [0.3, 0.4) is 0 Å². The molecule has 0 aliphatic carbocycles. The Morgan fingerprint density at radius 1 is 1.10 bits per heavy atom. The van der Waals surface area contributed by atoms with E-state index in [4.69, 9.17) is 9.47 Å². The van der Waals surface area contributed by atoms with Crippen molar-refractivity contribution >= 4 is 33.4 Å². The van der Waals surface area contributed by atoms with Crippen molar-refractivity contribution in [3.63, 3.8) is 0 Å². The predicted molar refractivity (Wildman–Crippen MR) is 113 cm³/mol. The number of hydrazine groups is 1. The third-order valence-electron chi connectivity index (χ3n) is 3.88. The van der Waals surface area contributed by atoms with Crippen LogP contribution in [-0.4, -0.2) is 30.0 Å². The molecular formula is C20H22BrN3O6. The average molecular weight is 480 g/mol. The number of ether oxygens (including phenoxy) is 2. The number of halogens is 1. The number of benzene rings is 2. The number of nitro groups is 1. The molecule has 0 saturated carbocycles. The number of nitrogens with one attached hydrogen (secondary N) is 2. The van der Waals surface area contributed by atoms with Gasteiger partial charge in [-0.25, -0.2) is 0 Å². The molecule has 10 heteroatoms. The molecule has 0 radical (unpaired) electrons. The molecule has 2 aromatic carbocycles. The van der Waals surface area contributed by atoms with Crippen molar-refractivity contribution in [3.8, 4) is 11.5 Å². The molecule has 0 aliphatic rings. The molecule has 2 aromatic rings. The summed E-state index contributed by atoms with van der Waals surface area (Å²) in [5.41, 5.74) is 4.78. The highest BCUT2D eigenvalue weighted by atomic mass is 79.9. The van der Waals surface area contributed by atoms with Gasteiger partial charge in [-0.2, -0.15) is 0 Å². The Bertz CT molecular complexity index is 902. The average Bonchev–Trinajstić information content (AvgIpc) is 2.71. The van der Waals surface area contributed by atoms with Gasteiger partial charge >= 0.3 is 0 Å². The summed E-state index contributed by atoms with van der Waals surface area (Å²) in [6, 6.07) is 10.2. The number of non-ortho nitro benzene ring substituents is 1. The number of nitro benzene ring substituents is 1. The first-order chi connectivity index (χ1) is 14.3. The summed E-state index contributed by atoms with van der Waals surface area (Å²) in [4.78, 5) is 34.1. The Morgan fingerprint density at radius 3 is 2.40 bits per heavy atom. The van der Waals surface area contributed by atoms with E-state index in [1.54, 1.807) is 18.2 Å². The Kier molecular flexibility index (Phi) is 8.60. The first-order valence-electron chi connectivity index (χ1n) is 9.15. The van der Waals surface area contributed by atoms with Crippen LogP contribution in [0.25, 0.3) is 0 Å². The van der Waals surface area contributed by atoms with E-state index < -0.39 is 16.7 Å². The maximum atomic E-state index is 12.2. The van der Waals surface area contributed by atoms with Gasteiger partial charge in [0.25, 0.3) is 17.5 Å². The highest BCUT2D eigenvalue weighted by molar-refractivity contribution is 9.10. The van der Waals surface area contributed by atoms with E-state index in [1.807, 2.05) is 0 Å². The van der Waals surface area contributed by atoms with Gasteiger partial charge in [0.1, 0.15) is 11.5 Å². The Hall–Kier alpha value is -3.14. The summed E-state index contributed by atoms with van der Waals surface area (Å²) < 4.78 is 11.5. The molecule has 0 heterocycles. The topological polar surface area (TPSA) is 120 Å². The van der Waals surface area contributed by atoms with Gasteiger partial charge in [0.15, 0.2) is 6.61 Å². The van der Waals surface area contributed by atoms with E-state index in [-0.39, 0.29) is 12.3 Å². The quantitative estimate of drug-likeness (QED) is 0.418. The summed E-state index contributed by atoms with van der Waals surface area (Å²) >= 11 is 3.37. The van der Waals surface area contributed by atoms with Gasteiger partial charge in [-0.1, -0.05) is 13.8 Å². The van der Waals surface area contributed by atoms with Crippen LogP contribution in [-0.2, 0) is 4.79 Å². The second kappa shape index (κ2) is 11.1. The number of hydrogen-bond donors (Lipinski definition) is 2. The lowest BCUT2D eigenvalue weighted by Crippen LogP contribution is -2.43. The van der Waals surface area contributed by atoms with E-state index in [0.29, 0.717) is 34.1 Å². The molecule has 0 aliphatic heterocycles. The molecular weight excluding hydrogens is 458 g/mol. The maximum absolute atomic E-state index is 12.2. The molecule has 0 fully saturated rings. The van der Waals surface area contributed by atoms with E-state index in [0.717, 1.165) is 6.42 Å². The first kappa shape index (κ1) is 23.1. The lowest BCUT2D eigenvalue weighted by atomic mass is 10.1. The minimum Gasteiger partial charge on any atom is -0.492 e. The summed E-state index contributed by atoms with van der Waals surface area (Å²) in [5, 5.41) is 10.6. The summed E-state index contributed by atoms with van der Waals surface area (Å²) in [6.07, 6.45) is 0.919. The molecule has 0 atom stereocenters. The molecule has 0 saturated heterocycles. The predicted octanol–water partition coefficient (Wildman–Crippen LogP) is 3.62. The van der Waals surface area contributed by atoms with E-state index in [9.17, 15) is 19.7 Å². The third kappa shape index (κ3) is 7.36. The fourth-order valence-corrected chi connectivity index (χ4v) is 2.70. The van der Waals surface area contributed by atoms with E-state index in [2.05, 4.69) is 40.6 Å². The summed E-state index contributed by atoms with van der Waals surface area (Å²) in [6.45, 7) is 4.42. The standard InChI is InChI=1S/C20H22BrN3O6/c1-13(2)9-10-29-18-8-3-14(11-17(18)21)20(26)23-22-19(25)12-30-16-6-4-15(5-7-16)24(27)28/h3-8,11,13H,9-10,12H2,1-2H3,(H,22,25)(H,23,26). The van der Waals surface area contributed by atoms with Crippen LogP contribution in [0, 0.1) is 16.0 Å². The van der Waals surface area contributed by atoms with Crippen LogP contribution in [0.4, 0.5) is 5.69 Å². The summed E-state index contributed by atoms with van der Waals surface area (Å²) in [7, 11) is 0. The zero-order valence-electron chi connectivity index (χ0n) is 16.5. The molecule has 0 spiro atoms. The zero-order chi connectivity index (χ0) is 22.1. The lowest BCUT2D eigenvalue weighted by molar-refractivity contribution is -0.384. The highest BCUT2D eigenvalue weighted by Gasteiger charge is 2.11. The van der Waals surface area contributed by atoms with E-state index >= 15 is 0 Å². The van der Waals surface area contributed by atoms with Crippen LogP contribution in [0.15, 0.2) is 46.9 Å². The molecule has 2 N–H and O–H groups in total. The van der Waals surface area contributed by atoms with Crippen LogP contribution in [0.1, 0.15) is 30.6 Å². The maximum Gasteiger partial charge on any atom is 0.276 e. The smallest absolute Gasteiger partial charge is 0.276 e.